The van der Waals surface area contributed by atoms with E-state index in [1.807, 2.05) is 11.9 Å². The second kappa shape index (κ2) is 13.8. The molecule has 2 aromatic carbocycles. The third kappa shape index (κ3) is 7.76. The van der Waals surface area contributed by atoms with Crippen LogP contribution in [0.15, 0.2) is 42.5 Å². The zero-order valence-corrected chi connectivity index (χ0v) is 24.8. The molecule has 2 aliphatic rings. The van der Waals surface area contributed by atoms with Crippen LogP contribution in [0.4, 0.5) is 28.9 Å². The number of nitrogens with one attached hydrogen (secondary N) is 3. The van der Waals surface area contributed by atoms with Gasteiger partial charge in [0.05, 0.1) is 36.6 Å². The SMILES string of the molecule is COc1cc(C(=O)NC2CCOCC2)ccc1NCC#Cc1cc2c(N[C@@H]3CCN(C)C[C@@H]3F)cccc2n1CC(F)(F)F. The summed E-state index contributed by atoms with van der Waals surface area (Å²) >= 11 is 0. The molecule has 3 heterocycles. The van der Waals surface area contributed by atoms with Crippen LogP contribution in [0, 0.1) is 11.8 Å². The van der Waals surface area contributed by atoms with Crippen LogP contribution in [-0.2, 0) is 11.3 Å². The minimum Gasteiger partial charge on any atom is -0.495 e. The number of carbonyl (C=O) groups excluding carboxylic acids is 1. The van der Waals surface area contributed by atoms with Crippen molar-refractivity contribution in [3.8, 4) is 17.6 Å². The van der Waals surface area contributed by atoms with E-state index in [0.717, 1.165) is 24.0 Å². The van der Waals surface area contributed by atoms with Gasteiger partial charge >= 0.3 is 6.18 Å². The van der Waals surface area contributed by atoms with Gasteiger partial charge in [-0.15, -0.1) is 0 Å². The van der Waals surface area contributed by atoms with Crippen molar-refractivity contribution in [1.82, 2.24) is 14.8 Å². The summed E-state index contributed by atoms with van der Waals surface area (Å²) in [6.45, 7) is 1.16. The highest BCUT2D eigenvalue weighted by atomic mass is 19.4. The van der Waals surface area contributed by atoms with Crippen molar-refractivity contribution >= 4 is 28.2 Å². The van der Waals surface area contributed by atoms with Crippen molar-refractivity contribution in [3.63, 3.8) is 0 Å². The molecule has 1 amide bonds. The molecule has 0 bridgehead atoms. The first kappa shape index (κ1) is 31.5. The molecule has 2 atom stereocenters. The Balaban J connectivity index is 1.32. The first-order valence-corrected chi connectivity index (χ1v) is 14.7. The molecule has 2 saturated heterocycles. The predicted octanol–water partition coefficient (Wildman–Crippen LogP) is 5.04. The summed E-state index contributed by atoms with van der Waals surface area (Å²) in [6, 6.07) is 11.3. The summed E-state index contributed by atoms with van der Waals surface area (Å²) in [7, 11) is 3.35. The van der Waals surface area contributed by atoms with Gasteiger partial charge in [0.25, 0.3) is 5.91 Å². The summed E-state index contributed by atoms with van der Waals surface area (Å²) in [5, 5.41) is 9.92. The maximum atomic E-state index is 14.7. The maximum Gasteiger partial charge on any atom is 0.406 e. The number of likely N-dealkylation sites (tertiary alicyclic amines) is 1. The molecular weight excluding hydrogens is 578 g/mol. The third-order valence-electron chi connectivity index (χ3n) is 7.97. The Bertz CT molecular complexity index is 1520. The molecule has 2 fully saturated rings. The molecule has 0 spiro atoms. The lowest BCUT2D eigenvalue weighted by Gasteiger charge is -2.33. The number of alkyl halides is 4. The molecule has 0 aliphatic carbocycles. The van der Waals surface area contributed by atoms with Gasteiger partial charge in [0, 0.05) is 49.0 Å². The average Bonchev–Trinajstić information content (AvgIpc) is 3.33. The van der Waals surface area contributed by atoms with E-state index < -0.39 is 24.9 Å². The Kier molecular flexibility index (Phi) is 9.86. The minimum atomic E-state index is -4.46. The molecule has 44 heavy (non-hydrogen) atoms. The summed E-state index contributed by atoms with van der Waals surface area (Å²) in [4.78, 5) is 14.6. The van der Waals surface area contributed by atoms with Crippen LogP contribution < -0.4 is 20.7 Å². The van der Waals surface area contributed by atoms with Gasteiger partial charge in [0.15, 0.2) is 0 Å². The van der Waals surface area contributed by atoms with E-state index >= 15 is 0 Å². The summed E-state index contributed by atoms with van der Waals surface area (Å²) in [6.07, 6.45) is -3.46. The second-order valence-corrected chi connectivity index (χ2v) is 11.2. The van der Waals surface area contributed by atoms with Crippen molar-refractivity contribution in [2.75, 3.05) is 57.6 Å². The van der Waals surface area contributed by atoms with Crippen LogP contribution in [-0.4, -0.2) is 86.8 Å². The Hall–Kier alpha value is -3.95. The number of rotatable bonds is 8. The van der Waals surface area contributed by atoms with Crippen LogP contribution in [0.25, 0.3) is 10.9 Å². The Morgan fingerprint density at radius 3 is 2.64 bits per heavy atom. The Morgan fingerprint density at radius 1 is 1.11 bits per heavy atom. The summed E-state index contributed by atoms with van der Waals surface area (Å²) in [5.41, 5.74) is 2.17. The van der Waals surface area contributed by atoms with E-state index in [0.29, 0.717) is 59.8 Å². The zero-order valence-electron chi connectivity index (χ0n) is 24.8. The number of piperidine rings is 1. The van der Waals surface area contributed by atoms with Crippen LogP contribution in [0.3, 0.4) is 0 Å². The molecule has 2 aliphatic heterocycles. The molecule has 3 N–H and O–H groups in total. The lowest BCUT2D eigenvalue weighted by molar-refractivity contribution is -0.140. The minimum absolute atomic E-state index is 0.0602. The maximum absolute atomic E-state index is 14.7. The first-order chi connectivity index (χ1) is 21.1. The first-order valence-electron chi connectivity index (χ1n) is 14.7. The number of aromatic nitrogens is 1. The predicted molar refractivity (Wildman–Crippen MR) is 162 cm³/mol. The zero-order chi connectivity index (χ0) is 31.3. The number of carbonyl (C=O) groups is 1. The van der Waals surface area contributed by atoms with E-state index in [1.54, 1.807) is 42.5 Å². The van der Waals surface area contributed by atoms with Gasteiger partial charge in [-0.3, -0.25) is 4.79 Å². The van der Waals surface area contributed by atoms with Crippen molar-refractivity contribution in [3.05, 3.63) is 53.7 Å². The van der Waals surface area contributed by atoms with E-state index in [2.05, 4.69) is 27.8 Å². The van der Waals surface area contributed by atoms with E-state index in [-0.39, 0.29) is 24.2 Å². The number of amides is 1. The molecule has 0 unspecified atom stereocenters. The molecule has 5 rings (SSSR count). The molecular formula is C32H37F4N5O3. The number of fused-ring (bicyclic) bond motifs is 1. The molecule has 0 saturated carbocycles. The molecule has 3 aromatic rings. The normalized spacial score (nSPS) is 19.7. The topological polar surface area (TPSA) is 79.8 Å². The number of nitrogens with zero attached hydrogens (tertiary/aromatic N) is 2. The largest absolute Gasteiger partial charge is 0.495 e. The number of hydrogen-bond acceptors (Lipinski definition) is 6. The molecule has 8 nitrogen and oxygen atoms in total. The summed E-state index contributed by atoms with van der Waals surface area (Å²) in [5.74, 6) is 6.03. The van der Waals surface area contributed by atoms with Crippen molar-refractivity contribution in [2.45, 2.75) is 50.2 Å². The Labute approximate surface area is 254 Å². The number of methoxy groups -OCH3 is 1. The van der Waals surface area contributed by atoms with E-state index in [4.69, 9.17) is 9.47 Å². The fourth-order valence-corrected chi connectivity index (χ4v) is 5.65. The molecule has 0 radical (unpaired) electrons. The van der Waals surface area contributed by atoms with Crippen molar-refractivity contribution in [2.24, 2.45) is 0 Å². The highest BCUT2D eigenvalue weighted by Gasteiger charge is 2.31. The van der Waals surface area contributed by atoms with E-state index in [1.165, 1.54) is 7.11 Å². The molecule has 1 aromatic heterocycles. The number of anilines is 2. The Morgan fingerprint density at radius 2 is 1.91 bits per heavy atom. The number of halogens is 4. The second-order valence-electron chi connectivity index (χ2n) is 11.2. The lowest BCUT2D eigenvalue weighted by atomic mass is 10.0. The number of ether oxygens (including phenoxy) is 2. The van der Waals surface area contributed by atoms with Gasteiger partial charge in [-0.25, -0.2) is 4.39 Å². The van der Waals surface area contributed by atoms with Crippen LogP contribution in [0.1, 0.15) is 35.3 Å². The fraction of sp³-hybridized carbons (Fsp3) is 0.469. The summed E-state index contributed by atoms with van der Waals surface area (Å²) < 4.78 is 67.5. The smallest absolute Gasteiger partial charge is 0.406 e. The van der Waals surface area contributed by atoms with Gasteiger partial charge in [-0.05, 0) is 68.6 Å². The highest BCUT2D eigenvalue weighted by Crippen LogP contribution is 2.32. The van der Waals surface area contributed by atoms with Gasteiger partial charge in [0.2, 0.25) is 0 Å². The van der Waals surface area contributed by atoms with Crippen molar-refractivity contribution < 1.29 is 31.8 Å². The molecule has 12 heteroatoms. The third-order valence-corrected chi connectivity index (χ3v) is 7.97. The monoisotopic (exact) mass is 615 g/mol. The standard InChI is InChI=1S/C32H37F4N5O3/c1-40-14-10-27(25(33)19-40)39-26-6-3-7-29-24(26)18-23(41(29)20-32(34,35)36)5-4-13-37-28-9-8-21(17-30(28)43-2)31(42)38-22-11-15-44-16-12-22/h3,6-9,17-18,22,25,27,37,39H,10-16,19-20H2,1-2H3,(H,38,42)/t25-,27+/m0/s1. The quantitative estimate of drug-likeness (QED) is 0.244. The van der Waals surface area contributed by atoms with Crippen LogP contribution >= 0.6 is 0 Å². The van der Waals surface area contributed by atoms with Crippen LogP contribution in [0.2, 0.25) is 0 Å². The number of benzene rings is 2. The molecule has 236 valence electrons. The number of hydrogen-bond donors (Lipinski definition) is 3. The average molecular weight is 616 g/mol. The fourth-order valence-electron chi connectivity index (χ4n) is 5.65. The van der Waals surface area contributed by atoms with Crippen LogP contribution in [0.5, 0.6) is 5.75 Å². The van der Waals surface area contributed by atoms with E-state index in [9.17, 15) is 22.4 Å². The van der Waals surface area contributed by atoms with Gasteiger partial charge in [-0.1, -0.05) is 12.0 Å². The van der Waals surface area contributed by atoms with Gasteiger partial charge in [0.1, 0.15) is 18.5 Å². The van der Waals surface area contributed by atoms with Crippen molar-refractivity contribution in [1.29, 1.82) is 0 Å². The highest BCUT2D eigenvalue weighted by molar-refractivity contribution is 5.96. The lowest BCUT2D eigenvalue weighted by Crippen LogP contribution is -2.46. The van der Waals surface area contributed by atoms with Gasteiger partial charge in [-0.2, -0.15) is 13.2 Å². The van der Waals surface area contributed by atoms with Gasteiger partial charge < -0.3 is 34.9 Å².